The number of aromatic nitrogens is 1. The van der Waals surface area contributed by atoms with Crippen molar-refractivity contribution < 1.29 is 68.1 Å². The van der Waals surface area contributed by atoms with Gasteiger partial charge in [0.2, 0.25) is 0 Å². The Labute approximate surface area is 452 Å². The third-order valence-electron chi connectivity index (χ3n) is 10.8. The lowest BCUT2D eigenvalue weighted by atomic mass is 9.98. The first-order valence-corrected chi connectivity index (χ1v) is 23.6. The van der Waals surface area contributed by atoms with Crippen molar-refractivity contribution in [1.82, 2.24) is 9.88 Å². The van der Waals surface area contributed by atoms with Gasteiger partial charge in [-0.1, -0.05) is 98.4 Å². The molecule has 0 bridgehead atoms. The number of fused-ring (bicyclic) bond motifs is 1. The molecular formula is C57H50ClF9N6O6. The van der Waals surface area contributed by atoms with E-state index < -0.39 is 52.8 Å². The Bertz CT molecular complexity index is 3240. The number of hydrogen-bond acceptors (Lipinski definition) is 9. The number of pyridine rings is 1. The number of morpholine rings is 1. The third kappa shape index (κ3) is 20.0. The van der Waals surface area contributed by atoms with Gasteiger partial charge >= 0.3 is 36.1 Å². The van der Waals surface area contributed by atoms with Crippen LogP contribution in [0.5, 0.6) is 11.5 Å². The number of urea groups is 1. The first-order chi connectivity index (χ1) is 37.1. The molecule has 1 aliphatic rings. The van der Waals surface area contributed by atoms with Gasteiger partial charge in [-0.15, -0.1) is 0 Å². The molecule has 1 aliphatic heterocycles. The summed E-state index contributed by atoms with van der Waals surface area (Å²) in [6.07, 6.45) is -12.2. The maximum absolute atomic E-state index is 13.0. The summed E-state index contributed by atoms with van der Waals surface area (Å²) in [6, 6.07) is 45.0. The summed E-state index contributed by atoms with van der Waals surface area (Å²) >= 11 is 4.95. The van der Waals surface area contributed by atoms with E-state index in [0.29, 0.717) is 17.2 Å². The number of hydrogen-bond donors (Lipinski definition) is 4. The summed E-state index contributed by atoms with van der Waals surface area (Å²) < 4.78 is 127. The van der Waals surface area contributed by atoms with E-state index in [1.807, 2.05) is 54.7 Å². The highest BCUT2D eigenvalue weighted by Crippen LogP contribution is 2.35. The van der Waals surface area contributed by atoms with Crippen LogP contribution in [0.2, 0.25) is 0 Å². The molecule has 12 nitrogen and oxygen atoms in total. The summed E-state index contributed by atoms with van der Waals surface area (Å²) in [6.45, 7) is 4.03. The number of rotatable bonds is 8. The zero-order valence-corrected chi connectivity index (χ0v) is 41.4. The first-order valence-electron chi connectivity index (χ1n) is 23.2. The number of benzene rings is 7. The lowest BCUT2D eigenvalue weighted by molar-refractivity contribution is -0.138. The molecular weight excluding hydrogens is 1070 g/mol. The Kier molecular flexibility index (Phi) is 22.2. The van der Waals surface area contributed by atoms with Crippen molar-refractivity contribution in [3.05, 3.63) is 211 Å². The van der Waals surface area contributed by atoms with E-state index in [9.17, 15) is 53.9 Å². The lowest BCUT2D eigenvalue weighted by Crippen LogP contribution is -2.35. The molecule has 0 radical (unpaired) electrons. The van der Waals surface area contributed by atoms with Crippen LogP contribution < -0.4 is 31.2 Å². The van der Waals surface area contributed by atoms with E-state index in [1.54, 1.807) is 60.7 Å². The van der Waals surface area contributed by atoms with Crippen LogP contribution in [0.15, 0.2) is 188 Å². The fourth-order valence-electron chi connectivity index (χ4n) is 7.19. The number of nitrogen functional groups attached to an aromatic ring is 1. The summed E-state index contributed by atoms with van der Waals surface area (Å²) in [5, 5.41) is 9.21. The number of nitrogens with two attached hydrogens (primary N) is 1. The van der Waals surface area contributed by atoms with Crippen LogP contribution in [0, 0.1) is 0 Å². The standard InChI is InChI=1S/C28H25F3N4O2.C14H10F3NO2.C7H5ClO2.C7H6F3N.CH4/c29-28(30,31)20-4-3-5-21(16-20)33-27(36)34-26-11-10-23(24-6-1-2-7-25(24)26)19-8-9-22(32-17-19)18-35-12-14-37-15-13-35;15-14(16,17)10-5-4-6-11(9-10)18-13(19)20-12-7-2-1-3-8-12;8-7(9)10-6-4-2-1-3-5-6;8-7(9,10)5-2-1-3-6(11)4-5;/h1-11,16-17H,12-15,18H2,(H2,33,34,36);1-9H,(H,18,19);1-5H;1-4H,11H2;1H4. The molecule has 79 heavy (non-hydrogen) atoms. The molecule has 0 atom stereocenters. The van der Waals surface area contributed by atoms with E-state index in [-0.39, 0.29) is 24.5 Å². The maximum atomic E-state index is 13.0. The van der Waals surface area contributed by atoms with Gasteiger partial charge in [0.1, 0.15) is 11.5 Å². The van der Waals surface area contributed by atoms with Gasteiger partial charge in [-0.3, -0.25) is 15.2 Å². The summed E-state index contributed by atoms with van der Waals surface area (Å²) in [5.74, 6) is 0.763. The normalized spacial score (nSPS) is 12.3. The minimum absolute atomic E-state index is 0. The minimum atomic E-state index is -4.49. The Hall–Kier alpha value is -8.66. The van der Waals surface area contributed by atoms with Crippen molar-refractivity contribution in [3.63, 3.8) is 0 Å². The Morgan fingerprint density at radius 1 is 0.570 bits per heavy atom. The summed E-state index contributed by atoms with van der Waals surface area (Å²) in [5.41, 5.74) is 5.59. The highest BCUT2D eigenvalue weighted by molar-refractivity contribution is 6.61. The molecule has 7 aromatic carbocycles. The molecule has 22 heteroatoms. The predicted molar refractivity (Wildman–Crippen MR) is 286 cm³/mol. The van der Waals surface area contributed by atoms with Crippen molar-refractivity contribution in [3.8, 4) is 22.6 Å². The number of amides is 3. The van der Waals surface area contributed by atoms with Crippen molar-refractivity contribution in [1.29, 1.82) is 0 Å². The molecule has 9 rings (SSSR count). The van der Waals surface area contributed by atoms with Crippen LogP contribution in [-0.4, -0.2) is 53.7 Å². The molecule has 2 heterocycles. The smallest absolute Gasteiger partial charge is 0.415 e. The van der Waals surface area contributed by atoms with Crippen molar-refractivity contribution in [2.24, 2.45) is 0 Å². The van der Waals surface area contributed by atoms with Gasteiger partial charge in [-0.25, -0.2) is 14.4 Å². The van der Waals surface area contributed by atoms with E-state index in [4.69, 9.17) is 26.8 Å². The van der Waals surface area contributed by atoms with Crippen LogP contribution in [-0.2, 0) is 29.8 Å². The van der Waals surface area contributed by atoms with E-state index >= 15 is 0 Å². The lowest BCUT2D eigenvalue weighted by Gasteiger charge is -2.26. The maximum Gasteiger partial charge on any atom is 0.417 e. The first kappa shape index (κ1) is 61.2. The number of nitrogens with one attached hydrogen (secondary N) is 3. The average Bonchev–Trinajstić information content (AvgIpc) is 3.46. The highest BCUT2D eigenvalue weighted by atomic mass is 35.5. The van der Waals surface area contributed by atoms with Crippen LogP contribution >= 0.6 is 11.6 Å². The Balaban J connectivity index is 0.000000227. The van der Waals surface area contributed by atoms with E-state index in [1.165, 1.54) is 36.4 Å². The fourth-order valence-corrected chi connectivity index (χ4v) is 7.28. The van der Waals surface area contributed by atoms with Gasteiger partial charge < -0.3 is 30.6 Å². The number of carbonyl (C=O) groups excluding carboxylic acids is 3. The molecule has 1 saturated heterocycles. The van der Waals surface area contributed by atoms with Gasteiger partial charge in [0.05, 0.1) is 41.3 Å². The topological polar surface area (TPSA) is 157 Å². The number of carbonyl (C=O) groups is 3. The second-order valence-corrected chi connectivity index (χ2v) is 16.8. The highest BCUT2D eigenvalue weighted by Gasteiger charge is 2.32. The molecule has 5 N–H and O–H groups in total. The van der Waals surface area contributed by atoms with Gasteiger partial charge in [-0.2, -0.15) is 39.5 Å². The van der Waals surface area contributed by atoms with Gasteiger partial charge in [0.25, 0.3) is 0 Å². The minimum Gasteiger partial charge on any atom is -0.415 e. The number of alkyl halides is 9. The van der Waals surface area contributed by atoms with Crippen molar-refractivity contribution in [2.75, 3.05) is 48.0 Å². The number of halogens is 10. The van der Waals surface area contributed by atoms with E-state index in [0.717, 1.165) is 96.8 Å². The van der Waals surface area contributed by atoms with Crippen molar-refractivity contribution in [2.45, 2.75) is 32.5 Å². The van der Waals surface area contributed by atoms with Gasteiger partial charge in [0.15, 0.2) is 0 Å². The molecule has 0 saturated carbocycles. The number of anilines is 4. The fraction of sp³-hybridized carbons (Fsp3) is 0.158. The van der Waals surface area contributed by atoms with Crippen LogP contribution in [0.4, 0.5) is 76.6 Å². The molecule has 1 fully saturated rings. The molecule has 414 valence electrons. The molecule has 1 aromatic heterocycles. The summed E-state index contributed by atoms with van der Waals surface area (Å²) in [7, 11) is 0. The molecule has 0 aliphatic carbocycles. The largest absolute Gasteiger partial charge is 0.417 e. The summed E-state index contributed by atoms with van der Waals surface area (Å²) in [4.78, 5) is 41.3. The average molecular weight is 1120 g/mol. The molecule has 0 unspecified atom stereocenters. The molecule has 0 spiro atoms. The zero-order valence-electron chi connectivity index (χ0n) is 40.6. The number of para-hydroxylation sites is 2. The Morgan fingerprint density at radius 2 is 1.08 bits per heavy atom. The molecule has 3 amide bonds. The SMILES string of the molecule is C.Nc1cccc(C(F)(F)F)c1.O=C(Cl)Oc1ccccc1.O=C(Nc1cccc(C(F)(F)F)c1)Nc1ccc(-c2ccc(CN3CCOCC3)nc2)c2ccccc12.O=C(Nc1cccc(C(F)(F)F)c1)Oc1ccccc1. The second-order valence-electron chi connectivity index (χ2n) is 16.5. The quantitative estimate of drug-likeness (QED) is 0.0660. The predicted octanol–water partition coefficient (Wildman–Crippen LogP) is 16.1. The van der Waals surface area contributed by atoms with Gasteiger partial charge in [-0.05, 0) is 102 Å². The van der Waals surface area contributed by atoms with Crippen LogP contribution in [0.3, 0.4) is 0 Å². The zero-order chi connectivity index (χ0) is 56.3. The number of nitrogens with zero attached hydrogens (tertiary/aromatic N) is 2. The van der Waals surface area contributed by atoms with E-state index in [2.05, 4.69) is 30.6 Å². The third-order valence-corrected chi connectivity index (χ3v) is 10.9. The van der Waals surface area contributed by atoms with Crippen LogP contribution in [0.1, 0.15) is 29.8 Å². The number of ether oxygens (including phenoxy) is 3. The van der Waals surface area contributed by atoms with Crippen LogP contribution in [0.25, 0.3) is 21.9 Å². The van der Waals surface area contributed by atoms with Gasteiger partial charge in [0, 0.05) is 65.4 Å². The monoisotopic (exact) mass is 1120 g/mol. The molecule has 8 aromatic rings. The second kappa shape index (κ2) is 28.6. The Morgan fingerprint density at radius 3 is 1.58 bits per heavy atom. The van der Waals surface area contributed by atoms with Crippen molar-refractivity contribution >= 4 is 62.7 Å².